The molecule has 3 heterocycles. The molecule has 0 radical (unpaired) electrons. The van der Waals surface area contributed by atoms with Gasteiger partial charge in [-0.25, -0.2) is 19.9 Å². The van der Waals surface area contributed by atoms with Gasteiger partial charge in [0.15, 0.2) is 5.16 Å². The molecule has 1 amide bonds. The van der Waals surface area contributed by atoms with E-state index in [0.29, 0.717) is 23.2 Å². The number of rotatable bonds is 5. The van der Waals surface area contributed by atoms with Gasteiger partial charge in [-0.2, -0.15) is 0 Å². The molecule has 1 saturated heterocycles. The first kappa shape index (κ1) is 16.6. The van der Waals surface area contributed by atoms with Crippen molar-refractivity contribution in [1.82, 2.24) is 25.3 Å². The maximum atomic E-state index is 12.2. The third kappa shape index (κ3) is 4.19. The van der Waals surface area contributed by atoms with Crippen molar-refractivity contribution in [3.63, 3.8) is 0 Å². The average Bonchev–Trinajstić information content (AvgIpc) is 2.67. The van der Waals surface area contributed by atoms with Crippen molar-refractivity contribution in [2.75, 3.05) is 30.8 Å². The monoisotopic (exact) mass is 344 g/mol. The molecule has 1 N–H and O–H groups in total. The molecule has 7 nitrogen and oxygen atoms in total. The van der Waals surface area contributed by atoms with Gasteiger partial charge in [0.25, 0.3) is 5.91 Å². The van der Waals surface area contributed by atoms with Crippen LogP contribution in [0.3, 0.4) is 0 Å². The molecular formula is C16H20N6OS. The number of nitrogens with zero attached hydrogens (tertiary/aromatic N) is 5. The van der Waals surface area contributed by atoms with E-state index in [-0.39, 0.29) is 5.91 Å². The Balaban J connectivity index is 1.53. The minimum atomic E-state index is -0.129. The molecule has 2 aromatic heterocycles. The lowest BCUT2D eigenvalue weighted by Crippen LogP contribution is -2.41. The van der Waals surface area contributed by atoms with Crippen LogP contribution in [0.15, 0.2) is 36.0 Å². The van der Waals surface area contributed by atoms with Gasteiger partial charge < -0.3 is 10.2 Å². The zero-order valence-corrected chi connectivity index (χ0v) is 14.4. The van der Waals surface area contributed by atoms with Crippen molar-refractivity contribution in [3.8, 4) is 0 Å². The van der Waals surface area contributed by atoms with Gasteiger partial charge in [-0.1, -0.05) is 11.8 Å². The lowest BCUT2D eigenvalue weighted by atomic mass is 9.98. The second kappa shape index (κ2) is 8.05. The number of carbonyl (C=O) groups is 1. The smallest absolute Gasteiger partial charge is 0.254 e. The molecule has 1 aliphatic rings. The highest BCUT2D eigenvalue weighted by Gasteiger charge is 2.22. The predicted molar refractivity (Wildman–Crippen MR) is 93.1 cm³/mol. The molecule has 1 fully saturated rings. The zero-order chi connectivity index (χ0) is 16.8. The number of hydrogen-bond donors (Lipinski definition) is 1. The number of piperidine rings is 1. The Morgan fingerprint density at radius 3 is 2.75 bits per heavy atom. The Hall–Kier alpha value is -2.22. The third-order valence-corrected chi connectivity index (χ3v) is 4.55. The molecule has 2 aromatic rings. The summed E-state index contributed by atoms with van der Waals surface area (Å²) in [6, 6.07) is 1.82. The molecule has 3 rings (SSSR count). The highest BCUT2D eigenvalue weighted by Crippen LogP contribution is 2.19. The van der Waals surface area contributed by atoms with Crippen molar-refractivity contribution < 1.29 is 4.79 Å². The van der Waals surface area contributed by atoms with Crippen LogP contribution < -0.4 is 10.2 Å². The van der Waals surface area contributed by atoms with Gasteiger partial charge in [0.1, 0.15) is 0 Å². The van der Waals surface area contributed by atoms with Crippen LogP contribution in [0.1, 0.15) is 23.2 Å². The molecule has 0 aliphatic carbocycles. The summed E-state index contributed by atoms with van der Waals surface area (Å²) in [5.41, 5.74) is 0.492. The Morgan fingerprint density at radius 2 is 2.04 bits per heavy atom. The SMILES string of the molecule is CSc1ncc(C(=O)NC[C@H]2CCCN(c3ncccn3)C2)cn1. The van der Waals surface area contributed by atoms with Gasteiger partial charge in [0.2, 0.25) is 5.95 Å². The van der Waals surface area contributed by atoms with Crippen LogP contribution in [-0.4, -0.2) is 51.7 Å². The number of carbonyl (C=O) groups excluding carboxylic acids is 1. The summed E-state index contributed by atoms with van der Waals surface area (Å²) in [7, 11) is 0. The van der Waals surface area contributed by atoms with Crippen LogP contribution in [0.5, 0.6) is 0 Å². The lowest BCUT2D eigenvalue weighted by Gasteiger charge is -2.32. The van der Waals surface area contributed by atoms with E-state index in [9.17, 15) is 4.79 Å². The fraction of sp³-hybridized carbons (Fsp3) is 0.438. The summed E-state index contributed by atoms with van der Waals surface area (Å²) < 4.78 is 0. The predicted octanol–water partition coefficient (Wildman–Crippen LogP) is 1.63. The standard InChI is InChI=1S/C16H20N6OS/c1-24-16-20-9-13(10-21-16)14(23)19-8-12-4-2-7-22(11-12)15-17-5-3-6-18-15/h3,5-6,9-10,12H,2,4,7-8,11H2,1H3,(H,19,23)/t12-/m1/s1. The molecule has 0 unspecified atom stereocenters. The highest BCUT2D eigenvalue weighted by molar-refractivity contribution is 7.98. The Bertz CT molecular complexity index is 666. The van der Waals surface area contributed by atoms with Crippen LogP contribution in [0, 0.1) is 5.92 Å². The molecule has 1 aliphatic heterocycles. The van der Waals surface area contributed by atoms with E-state index in [4.69, 9.17) is 0 Å². The van der Waals surface area contributed by atoms with Crippen molar-refractivity contribution in [1.29, 1.82) is 0 Å². The number of thioether (sulfide) groups is 1. The number of anilines is 1. The van der Waals surface area contributed by atoms with E-state index in [0.717, 1.165) is 31.9 Å². The fourth-order valence-corrected chi connectivity index (χ4v) is 3.06. The second-order valence-electron chi connectivity index (χ2n) is 5.67. The summed E-state index contributed by atoms with van der Waals surface area (Å²) in [5.74, 6) is 1.02. The van der Waals surface area contributed by atoms with Crippen LogP contribution in [0.4, 0.5) is 5.95 Å². The maximum Gasteiger partial charge on any atom is 0.254 e. The van der Waals surface area contributed by atoms with Crippen molar-refractivity contribution >= 4 is 23.6 Å². The summed E-state index contributed by atoms with van der Waals surface area (Å²) in [5, 5.41) is 3.65. The van der Waals surface area contributed by atoms with E-state index in [1.807, 2.05) is 12.3 Å². The topological polar surface area (TPSA) is 83.9 Å². The van der Waals surface area contributed by atoms with Crippen molar-refractivity contribution in [2.45, 2.75) is 18.0 Å². The average molecular weight is 344 g/mol. The lowest BCUT2D eigenvalue weighted by molar-refractivity contribution is 0.0944. The van der Waals surface area contributed by atoms with E-state index in [2.05, 4.69) is 30.2 Å². The van der Waals surface area contributed by atoms with Gasteiger partial charge in [-0.3, -0.25) is 4.79 Å². The molecule has 0 bridgehead atoms. The summed E-state index contributed by atoms with van der Waals surface area (Å²) in [6.45, 7) is 2.44. The second-order valence-corrected chi connectivity index (χ2v) is 6.44. The minimum absolute atomic E-state index is 0.129. The van der Waals surface area contributed by atoms with E-state index in [1.54, 1.807) is 24.8 Å². The highest BCUT2D eigenvalue weighted by atomic mass is 32.2. The first-order valence-corrected chi connectivity index (χ1v) is 9.15. The Labute approximate surface area is 145 Å². The quantitative estimate of drug-likeness (QED) is 0.652. The van der Waals surface area contributed by atoms with Crippen LogP contribution in [-0.2, 0) is 0 Å². The molecule has 126 valence electrons. The third-order valence-electron chi connectivity index (χ3n) is 3.98. The summed E-state index contributed by atoms with van der Waals surface area (Å²) in [4.78, 5) is 31.3. The summed E-state index contributed by atoms with van der Waals surface area (Å²) in [6.07, 6.45) is 10.7. The molecule has 0 aromatic carbocycles. The van der Waals surface area contributed by atoms with Crippen LogP contribution in [0.25, 0.3) is 0 Å². The molecule has 0 saturated carbocycles. The zero-order valence-electron chi connectivity index (χ0n) is 13.6. The molecule has 8 heteroatoms. The molecular weight excluding hydrogens is 324 g/mol. The number of amides is 1. The Kier molecular flexibility index (Phi) is 5.58. The summed E-state index contributed by atoms with van der Waals surface area (Å²) >= 11 is 1.45. The maximum absolute atomic E-state index is 12.2. The van der Waals surface area contributed by atoms with Gasteiger partial charge in [0.05, 0.1) is 5.56 Å². The van der Waals surface area contributed by atoms with E-state index < -0.39 is 0 Å². The Morgan fingerprint density at radius 1 is 1.29 bits per heavy atom. The largest absolute Gasteiger partial charge is 0.352 e. The number of hydrogen-bond acceptors (Lipinski definition) is 7. The molecule has 1 atom stereocenters. The van der Waals surface area contributed by atoms with Gasteiger partial charge in [0, 0.05) is 44.4 Å². The van der Waals surface area contributed by atoms with Crippen molar-refractivity contribution in [3.05, 3.63) is 36.4 Å². The van der Waals surface area contributed by atoms with E-state index in [1.165, 1.54) is 11.8 Å². The van der Waals surface area contributed by atoms with E-state index >= 15 is 0 Å². The van der Waals surface area contributed by atoms with Crippen LogP contribution >= 0.6 is 11.8 Å². The number of nitrogens with one attached hydrogen (secondary N) is 1. The first-order chi connectivity index (χ1) is 11.8. The molecule has 0 spiro atoms. The van der Waals surface area contributed by atoms with Crippen molar-refractivity contribution in [2.24, 2.45) is 5.92 Å². The molecule has 24 heavy (non-hydrogen) atoms. The van der Waals surface area contributed by atoms with Gasteiger partial charge in [-0.05, 0) is 31.1 Å². The normalized spacial score (nSPS) is 17.5. The fourth-order valence-electron chi connectivity index (χ4n) is 2.75. The minimum Gasteiger partial charge on any atom is -0.352 e. The number of aromatic nitrogens is 4. The van der Waals surface area contributed by atoms with Gasteiger partial charge in [-0.15, -0.1) is 0 Å². The first-order valence-electron chi connectivity index (χ1n) is 7.92. The van der Waals surface area contributed by atoms with Gasteiger partial charge >= 0.3 is 0 Å². The van der Waals surface area contributed by atoms with Crippen LogP contribution in [0.2, 0.25) is 0 Å².